The molecule has 1 aliphatic heterocycles. The zero-order valence-corrected chi connectivity index (χ0v) is 11.7. The molecule has 3 heteroatoms. The smallest absolute Gasteiger partial charge is 0.146 e. The fourth-order valence-corrected chi connectivity index (χ4v) is 3.74. The van der Waals surface area contributed by atoms with Crippen molar-refractivity contribution in [2.24, 2.45) is 5.41 Å². The van der Waals surface area contributed by atoms with Gasteiger partial charge in [-0.1, -0.05) is 12.8 Å². The Morgan fingerprint density at radius 3 is 2.53 bits per heavy atom. The zero-order chi connectivity index (χ0) is 13.3. The second-order valence-electron chi connectivity index (χ2n) is 6.13. The second-order valence-corrected chi connectivity index (χ2v) is 6.13. The van der Waals surface area contributed by atoms with E-state index in [1.165, 1.54) is 38.5 Å². The fraction of sp³-hybridized carbons (Fsp3) is 0.625. The molecule has 1 saturated carbocycles. The predicted molar refractivity (Wildman–Crippen MR) is 76.0 cm³/mol. The van der Waals surface area contributed by atoms with E-state index < -0.39 is 0 Å². The van der Waals surface area contributed by atoms with E-state index in [0.29, 0.717) is 5.41 Å². The molecule has 0 N–H and O–H groups in total. The van der Waals surface area contributed by atoms with E-state index in [2.05, 4.69) is 16.0 Å². The Kier molecular flexibility index (Phi) is 3.18. The van der Waals surface area contributed by atoms with Crippen LogP contribution in [0, 0.1) is 23.7 Å². The molecule has 0 radical (unpaired) electrons. The fourth-order valence-electron chi connectivity index (χ4n) is 3.74. The number of hydrogen-bond acceptors (Lipinski definition) is 3. The molecule has 0 bridgehead atoms. The molecular formula is C16H21N3. The van der Waals surface area contributed by atoms with E-state index in [1.807, 2.05) is 19.2 Å². The largest absolute Gasteiger partial charge is 0.355 e. The quantitative estimate of drug-likeness (QED) is 0.772. The number of hydrogen-bond donors (Lipinski definition) is 0. The van der Waals surface area contributed by atoms with Gasteiger partial charge in [-0.2, -0.15) is 5.26 Å². The van der Waals surface area contributed by atoms with Crippen molar-refractivity contribution in [3.63, 3.8) is 0 Å². The molecule has 0 atom stereocenters. The summed E-state index contributed by atoms with van der Waals surface area (Å²) in [6.45, 7) is 4.11. The monoisotopic (exact) mass is 255 g/mol. The summed E-state index contributed by atoms with van der Waals surface area (Å²) in [5.41, 5.74) is 2.41. The molecule has 3 nitrogen and oxygen atoms in total. The average molecular weight is 255 g/mol. The first kappa shape index (κ1) is 12.5. The van der Waals surface area contributed by atoms with Crippen LogP contribution in [0.2, 0.25) is 0 Å². The van der Waals surface area contributed by atoms with Gasteiger partial charge in [0.15, 0.2) is 0 Å². The van der Waals surface area contributed by atoms with Crippen LogP contribution in [0.4, 0.5) is 5.82 Å². The molecule has 1 aromatic heterocycles. The van der Waals surface area contributed by atoms with Crippen LogP contribution in [-0.2, 0) is 0 Å². The lowest BCUT2D eigenvalue weighted by molar-refractivity contribution is 0.226. The first-order chi connectivity index (χ1) is 9.24. The molecule has 0 unspecified atom stereocenters. The van der Waals surface area contributed by atoms with Crippen LogP contribution in [0.25, 0.3) is 0 Å². The summed E-state index contributed by atoms with van der Waals surface area (Å²) in [6, 6.07) is 4.24. The van der Waals surface area contributed by atoms with Gasteiger partial charge in [-0.15, -0.1) is 0 Å². The third kappa shape index (κ3) is 2.20. The van der Waals surface area contributed by atoms with E-state index in [-0.39, 0.29) is 0 Å². The first-order valence-corrected chi connectivity index (χ1v) is 7.35. The van der Waals surface area contributed by atoms with Crippen molar-refractivity contribution < 1.29 is 0 Å². The summed E-state index contributed by atoms with van der Waals surface area (Å²) in [5, 5.41) is 9.32. The third-order valence-corrected chi connectivity index (χ3v) is 5.04. The van der Waals surface area contributed by atoms with Gasteiger partial charge in [0.05, 0.1) is 5.56 Å². The SMILES string of the molecule is Cc1ccnc(N2CCC3(CCCC3)CC2)c1C#N. The molecule has 1 saturated heterocycles. The van der Waals surface area contributed by atoms with Crippen molar-refractivity contribution >= 4 is 5.82 Å². The van der Waals surface area contributed by atoms with Gasteiger partial charge in [0.2, 0.25) is 0 Å². The second kappa shape index (κ2) is 4.85. The van der Waals surface area contributed by atoms with Gasteiger partial charge < -0.3 is 4.90 Å². The van der Waals surface area contributed by atoms with E-state index in [1.54, 1.807) is 0 Å². The highest BCUT2D eigenvalue weighted by atomic mass is 15.2. The molecule has 2 aliphatic rings. The molecular weight excluding hydrogens is 234 g/mol. The van der Waals surface area contributed by atoms with Gasteiger partial charge in [0.25, 0.3) is 0 Å². The summed E-state index contributed by atoms with van der Waals surface area (Å²) < 4.78 is 0. The normalized spacial score (nSPS) is 21.6. The summed E-state index contributed by atoms with van der Waals surface area (Å²) in [4.78, 5) is 6.77. The van der Waals surface area contributed by atoms with Crippen LogP contribution in [-0.4, -0.2) is 18.1 Å². The first-order valence-electron chi connectivity index (χ1n) is 7.35. The van der Waals surface area contributed by atoms with E-state index in [9.17, 15) is 5.26 Å². The van der Waals surface area contributed by atoms with Gasteiger partial charge in [-0.05, 0) is 49.7 Å². The Morgan fingerprint density at radius 1 is 1.21 bits per heavy atom. The molecule has 2 heterocycles. The number of pyridine rings is 1. The summed E-state index contributed by atoms with van der Waals surface area (Å²) >= 11 is 0. The molecule has 2 fully saturated rings. The van der Waals surface area contributed by atoms with E-state index >= 15 is 0 Å². The topological polar surface area (TPSA) is 39.9 Å². The zero-order valence-electron chi connectivity index (χ0n) is 11.7. The van der Waals surface area contributed by atoms with Crippen molar-refractivity contribution in [1.29, 1.82) is 5.26 Å². The Labute approximate surface area is 115 Å². The highest BCUT2D eigenvalue weighted by molar-refractivity contribution is 5.57. The van der Waals surface area contributed by atoms with Crippen molar-refractivity contribution in [1.82, 2.24) is 4.98 Å². The highest BCUT2D eigenvalue weighted by Gasteiger charge is 2.37. The van der Waals surface area contributed by atoms with Gasteiger partial charge in [0, 0.05) is 19.3 Å². The Hall–Kier alpha value is -1.56. The summed E-state index contributed by atoms with van der Waals surface area (Å²) in [7, 11) is 0. The molecule has 3 rings (SSSR count). The van der Waals surface area contributed by atoms with Crippen LogP contribution in [0.1, 0.15) is 49.7 Å². The summed E-state index contributed by atoms with van der Waals surface area (Å²) in [6.07, 6.45) is 10.0. The number of nitriles is 1. The molecule has 19 heavy (non-hydrogen) atoms. The van der Waals surface area contributed by atoms with Gasteiger partial charge in [0.1, 0.15) is 11.9 Å². The minimum Gasteiger partial charge on any atom is -0.355 e. The highest BCUT2D eigenvalue weighted by Crippen LogP contribution is 2.46. The third-order valence-electron chi connectivity index (χ3n) is 5.04. The Bertz CT molecular complexity index is 499. The number of anilines is 1. The van der Waals surface area contributed by atoms with Gasteiger partial charge in [-0.25, -0.2) is 4.98 Å². The Morgan fingerprint density at radius 2 is 1.89 bits per heavy atom. The molecule has 1 aliphatic carbocycles. The van der Waals surface area contributed by atoms with Crippen LogP contribution in [0.5, 0.6) is 0 Å². The van der Waals surface area contributed by atoms with E-state index in [4.69, 9.17) is 0 Å². The number of piperidine rings is 1. The van der Waals surface area contributed by atoms with Crippen molar-refractivity contribution in [2.75, 3.05) is 18.0 Å². The maximum absolute atomic E-state index is 9.32. The lowest BCUT2D eigenvalue weighted by Crippen LogP contribution is -2.39. The number of nitrogens with zero attached hydrogens (tertiary/aromatic N) is 3. The van der Waals surface area contributed by atoms with Crippen molar-refractivity contribution in [2.45, 2.75) is 45.4 Å². The van der Waals surface area contributed by atoms with Crippen LogP contribution in [0.15, 0.2) is 12.3 Å². The maximum atomic E-state index is 9.32. The van der Waals surface area contributed by atoms with Crippen LogP contribution in [0.3, 0.4) is 0 Å². The average Bonchev–Trinajstić information content (AvgIpc) is 2.88. The molecule has 0 amide bonds. The lowest BCUT2D eigenvalue weighted by Gasteiger charge is -2.40. The van der Waals surface area contributed by atoms with Crippen LogP contribution < -0.4 is 4.90 Å². The molecule has 0 aromatic carbocycles. The van der Waals surface area contributed by atoms with E-state index in [0.717, 1.165) is 30.0 Å². The summed E-state index contributed by atoms with van der Waals surface area (Å²) in [5.74, 6) is 0.898. The molecule has 1 spiro atoms. The van der Waals surface area contributed by atoms with Crippen molar-refractivity contribution in [3.05, 3.63) is 23.4 Å². The number of aromatic nitrogens is 1. The minimum absolute atomic E-state index is 0.618. The standard InChI is InChI=1S/C16H21N3/c1-13-4-9-18-15(14(13)12-17)19-10-7-16(8-11-19)5-2-3-6-16/h4,9H,2-3,5-8,10-11H2,1H3. The maximum Gasteiger partial charge on any atom is 0.146 e. The minimum atomic E-state index is 0.618. The Balaban J connectivity index is 1.79. The number of aryl methyl sites for hydroxylation is 1. The van der Waals surface area contributed by atoms with Gasteiger partial charge in [-0.3, -0.25) is 0 Å². The number of rotatable bonds is 1. The van der Waals surface area contributed by atoms with Gasteiger partial charge >= 0.3 is 0 Å². The molecule has 1 aromatic rings. The van der Waals surface area contributed by atoms with Crippen LogP contribution >= 0.6 is 0 Å². The van der Waals surface area contributed by atoms with Crippen molar-refractivity contribution in [3.8, 4) is 6.07 Å². The lowest BCUT2D eigenvalue weighted by atomic mass is 9.77. The predicted octanol–water partition coefficient (Wildman–Crippen LogP) is 3.42. The molecule has 100 valence electrons.